The molecule has 122 valence electrons. The van der Waals surface area contributed by atoms with Gasteiger partial charge < -0.3 is 15.2 Å². The minimum absolute atomic E-state index is 0.141. The van der Waals surface area contributed by atoms with Crippen molar-refractivity contribution in [2.24, 2.45) is 5.92 Å². The summed E-state index contributed by atoms with van der Waals surface area (Å²) in [5.41, 5.74) is 3.25. The quantitative estimate of drug-likeness (QED) is 0.884. The van der Waals surface area contributed by atoms with Gasteiger partial charge in [-0.05, 0) is 30.7 Å². The van der Waals surface area contributed by atoms with Crippen LogP contribution in [0.5, 0.6) is 0 Å². The molecule has 0 saturated carbocycles. The van der Waals surface area contributed by atoms with E-state index in [-0.39, 0.29) is 5.92 Å². The molecule has 5 heteroatoms. The van der Waals surface area contributed by atoms with E-state index < -0.39 is 0 Å². The van der Waals surface area contributed by atoms with Crippen LogP contribution in [0.25, 0.3) is 10.9 Å². The third-order valence-electron chi connectivity index (χ3n) is 3.88. The molecule has 1 aromatic heterocycles. The monoisotopic (exact) mass is 330 g/mol. The van der Waals surface area contributed by atoms with E-state index in [0.717, 1.165) is 46.1 Å². The highest BCUT2D eigenvalue weighted by atomic mass is 35.5. The summed E-state index contributed by atoms with van der Waals surface area (Å²) in [6, 6.07) is 8.39. The van der Waals surface area contributed by atoms with E-state index in [1.54, 1.807) is 0 Å². The summed E-state index contributed by atoms with van der Waals surface area (Å²) in [6.07, 6.45) is 0. The zero-order chi connectivity index (χ0) is 17.0. The highest BCUT2D eigenvalue weighted by Gasteiger charge is 2.27. The van der Waals surface area contributed by atoms with Crippen molar-refractivity contribution >= 4 is 22.5 Å². The molecule has 1 aliphatic heterocycles. The van der Waals surface area contributed by atoms with E-state index in [1.807, 2.05) is 26.8 Å². The molecule has 1 saturated heterocycles. The van der Waals surface area contributed by atoms with Crippen LogP contribution in [0.2, 0.25) is 5.02 Å². The van der Waals surface area contributed by atoms with Crippen molar-refractivity contribution in [3.8, 4) is 6.07 Å². The van der Waals surface area contributed by atoms with Gasteiger partial charge >= 0.3 is 0 Å². The Morgan fingerprint density at radius 2 is 2.13 bits per heavy atom. The maximum Gasteiger partial charge on any atom is 0.0942 e. The Bertz CT molecular complexity index is 696. The highest BCUT2D eigenvalue weighted by Crippen LogP contribution is 2.24. The van der Waals surface area contributed by atoms with Crippen LogP contribution in [0.4, 0.5) is 0 Å². The molecule has 2 N–H and O–H groups in total. The maximum absolute atomic E-state index is 8.78. The van der Waals surface area contributed by atoms with Crippen LogP contribution in [0.15, 0.2) is 30.6 Å². The molecule has 3 rings (SSSR count). The van der Waals surface area contributed by atoms with E-state index >= 15 is 0 Å². The lowest BCUT2D eigenvalue weighted by Gasteiger charge is -2.38. The number of hydrogen-bond acceptors (Lipinski definition) is 3. The van der Waals surface area contributed by atoms with E-state index in [9.17, 15) is 0 Å². The molecule has 0 unspecified atom stereocenters. The van der Waals surface area contributed by atoms with Crippen LogP contribution in [0.3, 0.4) is 0 Å². The molecule has 1 aromatic carbocycles. The number of nitrogens with one attached hydrogen (secondary N) is 2. The standard InChI is InChI=1S/C16H17ClN4.C2H6/c1-10-3-16-13(5-15(10)17)4-14(20-16)7-19-11(2)21-8-12(6-18)9-21;1-2/h3-5,12,19-20H,2,7-9H2,1H3;1-2H3. The normalized spacial score (nSPS) is 13.8. The van der Waals surface area contributed by atoms with Gasteiger partial charge in [0.2, 0.25) is 0 Å². The Morgan fingerprint density at radius 1 is 1.43 bits per heavy atom. The summed E-state index contributed by atoms with van der Waals surface area (Å²) in [6.45, 7) is 12.2. The zero-order valence-electron chi connectivity index (χ0n) is 13.9. The van der Waals surface area contributed by atoms with Gasteiger partial charge in [0, 0.05) is 34.7 Å². The van der Waals surface area contributed by atoms with Crippen molar-refractivity contribution in [1.82, 2.24) is 15.2 Å². The van der Waals surface area contributed by atoms with Gasteiger partial charge in [-0.2, -0.15) is 5.26 Å². The van der Waals surface area contributed by atoms with Gasteiger partial charge in [-0.3, -0.25) is 0 Å². The molecule has 1 aliphatic rings. The number of halogens is 1. The lowest BCUT2D eigenvalue weighted by Crippen LogP contribution is -2.47. The van der Waals surface area contributed by atoms with Crippen LogP contribution in [-0.2, 0) is 6.54 Å². The summed E-state index contributed by atoms with van der Waals surface area (Å²) in [5, 5.41) is 14.0. The van der Waals surface area contributed by atoms with Crippen molar-refractivity contribution < 1.29 is 0 Å². The van der Waals surface area contributed by atoms with Crippen LogP contribution in [-0.4, -0.2) is 23.0 Å². The number of hydrogen-bond donors (Lipinski definition) is 2. The Hall–Kier alpha value is -2.12. The van der Waals surface area contributed by atoms with Gasteiger partial charge in [0.05, 0.1) is 24.4 Å². The summed E-state index contributed by atoms with van der Waals surface area (Å²) in [7, 11) is 0. The van der Waals surface area contributed by atoms with E-state index in [1.165, 1.54) is 0 Å². The zero-order valence-corrected chi connectivity index (χ0v) is 14.7. The number of nitrogens with zero attached hydrogens (tertiary/aromatic N) is 2. The van der Waals surface area contributed by atoms with Crippen LogP contribution in [0.1, 0.15) is 25.1 Å². The number of aryl methyl sites for hydroxylation is 1. The van der Waals surface area contributed by atoms with Crippen LogP contribution in [0, 0.1) is 24.2 Å². The van der Waals surface area contributed by atoms with E-state index in [0.29, 0.717) is 6.54 Å². The molecule has 0 amide bonds. The first-order valence-corrected chi connectivity index (χ1v) is 8.29. The second-order valence-electron chi connectivity index (χ2n) is 5.51. The van der Waals surface area contributed by atoms with Gasteiger partial charge in [-0.25, -0.2) is 0 Å². The number of aromatic amines is 1. The number of rotatable bonds is 4. The molecule has 0 aliphatic carbocycles. The first-order valence-electron chi connectivity index (χ1n) is 7.92. The Balaban J connectivity index is 0.000000924. The van der Waals surface area contributed by atoms with Crippen molar-refractivity contribution in [2.75, 3.05) is 13.1 Å². The molecule has 0 atom stereocenters. The fourth-order valence-electron chi connectivity index (χ4n) is 2.51. The number of aromatic nitrogens is 1. The lowest BCUT2D eigenvalue weighted by molar-refractivity contribution is 0.171. The topological polar surface area (TPSA) is 54.9 Å². The first kappa shape index (κ1) is 17.2. The summed E-state index contributed by atoms with van der Waals surface area (Å²) < 4.78 is 0. The Kier molecular flexibility index (Phi) is 5.57. The fourth-order valence-corrected chi connectivity index (χ4v) is 2.68. The minimum Gasteiger partial charge on any atom is -0.367 e. The first-order chi connectivity index (χ1) is 11.1. The molecular formula is C18H23ClN4. The predicted molar refractivity (Wildman–Crippen MR) is 96.0 cm³/mol. The van der Waals surface area contributed by atoms with Crippen molar-refractivity contribution in [2.45, 2.75) is 27.3 Å². The number of nitriles is 1. The lowest BCUT2D eigenvalue weighted by atomic mass is 10.0. The van der Waals surface area contributed by atoms with Gasteiger partial charge in [0.1, 0.15) is 0 Å². The van der Waals surface area contributed by atoms with Crippen LogP contribution >= 0.6 is 11.6 Å². The minimum atomic E-state index is 0.141. The molecule has 0 bridgehead atoms. The van der Waals surface area contributed by atoms with Crippen molar-refractivity contribution in [3.05, 3.63) is 46.9 Å². The van der Waals surface area contributed by atoms with Crippen molar-refractivity contribution in [3.63, 3.8) is 0 Å². The molecule has 0 spiro atoms. The average Bonchev–Trinajstić information content (AvgIpc) is 2.88. The molecule has 2 heterocycles. The third kappa shape index (κ3) is 3.80. The fraction of sp³-hybridized carbons (Fsp3) is 0.389. The number of benzene rings is 1. The summed E-state index contributed by atoms with van der Waals surface area (Å²) >= 11 is 6.14. The molecular weight excluding hydrogens is 308 g/mol. The number of H-pyrrole nitrogens is 1. The van der Waals surface area contributed by atoms with Gasteiger partial charge in [0.15, 0.2) is 0 Å². The predicted octanol–water partition coefficient (Wildman–Crippen LogP) is 4.17. The molecule has 0 radical (unpaired) electrons. The summed E-state index contributed by atoms with van der Waals surface area (Å²) in [4.78, 5) is 5.46. The third-order valence-corrected chi connectivity index (χ3v) is 4.29. The summed E-state index contributed by atoms with van der Waals surface area (Å²) in [5.74, 6) is 1.01. The maximum atomic E-state index is 8.78. The number of fused-ring (bicyclic) bond motifs is 1. The SMILES string of the molecule is C=C(NCc1cc2cc(Cl)c(C)cc2[nH]1)N1CC(C#N)C1.CC. The van der Waals surface area contributed by atoms with E-state index in [4.69, 9.17) is 16.9 Å². The van der Waals surface area contributed by atoms with Gasteiger partial charge in [-0.1, -0.05) is 32.0 Å². The second kappa shape index (κ2) is 7.43. The highest BCUT2D eigenvalue weighted by molar-refractivity contribution is 6.32. The largest absolute Gasteiger partial charge is 0.367 e. The smallest absolute Gasteiger partial charge is 0.0942 e. The Morgan fingerprint density at radius 3 is 2.78 bits per heavy atom. The number of likely N-dealkylation sites (tertiary alicyclic amines) is 1. The van der Waals surface area contributed by atoms with Crippen LogP contribution < -0.4 is 5.32 Å². The van der Waals surface area contributed by atoms with E-state index in [2.05, 4.69) is 40.0 Å². The van der Waals surface area contributed by atoms with Gasteiger partial charge in [-0.15, -0.1) is 0 Å². The molecule has 1 fully saturated rings. The molecule has 2 aromatic rings. The Labute approximate surface area is 142 Å². The van der Waals surface area contributed by atoms with Crippen molar-refractivity contribution in [1.29, 1.82) is 5.26 Å². The molecule has 4 nitrogen and oxygen atoms in total. The average molecular weight is 331 g/mol. The molecule has 23 heavy (non-hydrogen) atoms. The van der Waals surface area contributed by atoms with Gasteiger partial charge in [0.25, 0.3) is 0 Å². The second-order valence-corrected chi connectivity index (χ2v) is 5.92.